The first-order chi connectivity index (χ1) is 11.6. The van der Waals surface area contributed by atoms with Crippen molar-refractivity contribution in [3.8, 4) is 11.5 Å². The van der Waals surface area contributed by atoms with E-state index in [1.165, 1.54) is 5.56 Å². The highest BCUT2D eigenvalue weighted by Crippen LogP contribution is 2.41. The van der Waals surface area contributed by atoms with Gasteiger partial charge in [0.1, 0.15) is 5.92 Å². The van der Waals surface area contributed by atoms with Gasteiger partial charge in [0.15, 0.2) is 11.5 Å². The molecular weight excluding hydrogens is 308 g/mol. The summed E-state index contributed by atoms with van der Waals surface area (Å²) in [6.07, 6.45) is 2.87. The highest BCUT2D eigenvalue weighted by Gasteiger charge is 2.37. The number of ether oxygens (including phenoxy) is 3. The molecule has 6 heteroatoms. The maximum absolute atomic E-state index is 12.1. The Bertz CT molecular complexity index is 671. The van der Waals surface area contributed by atoms with E-state index in [-0.39, 0.29) is 17.9 Å². The zero-order chi connectivity index (χ0) is 17.3. The molecule has 2 aliphatic heterocycles. The Morgan fingerprint density at radius 2 is 2.00 bits per heavy atom. The number of carbonyl (C=O) groups excluding carboxylic acids is 1. The fraction of sp³-hybridized carbons (Fsp3) is 0.500. The van der Waals surface area contributed by atoms with E-state index in [2.05, 4.69) is 4.90 Å². The van der Waals surface area contributed by atoms with Crippen LogP contribution in [0, 0.1) is 5.92 Å². The van der Waals surface area contributed by atoms with Crippen LogP contribution in [0.3, 0.4) is 0 Å². The van der Waals surface area contributed by atoms with Crippen molar-refractivity contribution in [1.82, 2.24) is 4.90 Å². The highest BCUT2D eigenvalue weighted by atomic mass is 16.5. The van der Waals surface area contributed by atoms with Crippen molar-refractivity contribution in [2.75, 3.05) is 33.9 Å². The lowest BCUT2D eigenvalue weighted by atomic mass is 9.86. The molecule has 0 saturated heterocycles. The summed E-state index contributed by atoms with van der Waals surface area (Å²) in [6.45, 7) is 3.62. The van der Waals surface area contributed by atoms with E-state index in [1.54, 1.807) is 21.1 Å². The molecule has 2 atom stereocenters. The SMILES string of the molecule is CCOC(=O)C1CN2CCc3cc(OC)c(OC)cc3[C@@H]2C=C1N. The summed E-state index contributed by atoms with van der Waals surface area (Å²) in [5, 5.41) is 0. The second-order valence-corrected chi connectivity index (χ2v) is 6.07. The smallest absolute Gasteiger partial charge is 0.316 e. The molecule has 24 heavy (non-hydrogen) atoms. The zero-order valence-electron chi connectivity index (χ0n) is 14.4. The zero-order valence-corrected chi connectivity index (χ0v) is 14.4. The van der Waals surface area contributed by atoms with Gasteiger partial charge in [0, 0.05) is 18.8 Å². The quantitative estimate of drug-likeness (QED) is 0.845. The third kappa shape index (κ3) is 2.82. The summed E-state index contributed by atoms with van der Waals surface area (Å²) >= 11 is 0. The third-order valence-electron chi connectivity index (χ3n) is 4.77. The summed E-state index contributed by atoms with van der Waals surface area (Å²) in [4.78, 5) is 14.4. The number of carbonyl (C=O) groups is 1. The molecule has 3 rings (SSSR count). The lowest BCUT2D eigenvalue weighted by Crippen LogP contribution is -2.45. The van der Waals surface area contributed by atoms with Crippen LogP contribution in [0.25, 0.3) is 0 Å². The summed E-state index contributed by atoms with van der Waals surface area (Å²) < 4.78 is 16.0. The molecule has 0 aliphatic carbocycles. The minimum absolute atomic E-state index is 0.0548. The number of benzene rings is 1. The van der Waals surface area contributed by atoms with Gasteiger partial charge in [0.25, 0.3) is 0 Å². The number of hydrogen-bond donors (Lipinski definition) is 1. The van der Waals surface area contributed by atoms with Gasteiger partial charge < -0.3 is 19.9 Å². The molecule has 0 amide bonds. The molecule has 1 unspecified atom stereocenters. The van der Waals surface area contributed by atoms with Gasteiger partial charge in [-0.25, -0.2) is 0 Å². The normalized spacial score (nSPS) is 22.9. The topological polar surface area (TPSA) is 74.0 Å². The second-order valence-electron chi connectivity index (χ2n) is 6.07. The van der Waals surface area contributed by atoms with Gasteiger partial charge in [-0.15, -0.1) is 0 Å². The Hall–Kier alpha value is -2.21. The van der Waals surface area contributed by atoms with Crippen LogP contribution in [0.5, 0.6) is 11.5 Å². The monoisotopic (exact) mass is 332 g/mol. The predicted molar refractivity (Wildman–Crippen MR) is 90.0 cm³/mol. The fourth-order valence-electron chi connectivity index (χ4n) is 3.52. The van der Waals surface area contributed by atoms with E-state index >= 15 is 0 Å². The van der Waals surface area contributed by atoms with Crippen LogP contribution in [-0.4, -0.2) is 44.8 Å². The van der Waals surface area contributed by atoms with E-state index in [9.17, 15) is 4.79 Å². The molecular formula is C18H24N2O4. The molecule has 2 aliphatic rings. The van der Waals surface area contributed by atoms with Crippen molar-refractivity contribution in [3.63, 3.8) is 0 Å². The van der Waals surface area contributed by atoms with Crippen LogP contribution in [-0.2, 0) is 16.0 Å². The van der Waals surface area contributed by atoms with Crippen LogP contribution in [0.15, 0.2) is 23.9 Å². The van der Waals surface area contributed by atoms with E-state index in [4.69, 9.17) is 19.9 Å². The van der Waals surface area contributed by atoms with Crippen molar-refractivity contribution in [2.45, 2.75) is 19.4 Å². The van der Waals surface area contributed by atoms with E-state index in [1.807, 2.05) is 18.2 Å². The van der Waals surface area contributed by atoms with Crippen molar-refractivity contribution >= 4 is 5.97 Å². The van der Waals surface area contributed by atoms with E-state index < -0.39 is 0 Å². The van der Waals surface area contributed by atoms with Crippen LogP contribution in [0.4, 0.5) is 0 Å². The molecule has 2 heterocycles. The van der Waals surface area contributed by atoms with Crippen molar-refractivity contribution in [3.05, 3.63) is 35.0 Å². The molecule has 0 bridgehead atoms. The number of nitrogens with zero attached hydrogens (tertiary/aromatic N) is 1. The molecule has 1 aromatic rings. The first-order valence-electron chi connectivity index (χ1n) is 8.21. The first-order valence-corrected chi connectivity index (χ1v) is 8.21. The first kappa shape index (κ1) is 16.6. The van der Waals surface area contributed by atoms with Crippen LogP contribution < -0.4 is 15.2 Å². The molecule has 0 saturated carbocycles. The molecule has 6 nitrogen and oxygen atoms in total. The number of fused-ring (bicyclic) bond motifs is 3. The molecule has 130 valence electrons. The van der Waals surface area contributed by atoms with Gasteiger partial charge in [-0.05, 0) is 42.7 Å². The van der Waals surface area contributed by atoms with Gasteiger partial charge in [0.2, 0.25) is 0 Å². The van der Waals surface area contributed by atoms with Gasteiger partial charge in [0.05, 0.1) is 26.9 Å². The van der Waals surface area contributed by atoms with Crippen LogP contribution in [0.1, 0.15) is 24.1 Å². The predicted octanol–water partition coefficient (Wildman–Crippen LogP) is 1.64. The van der Waals surface area contributed by atoms with Crippen molar-refractivity contribution in [2.24, 2.45) is 11.7 Å². The average molecular weight is 332 g/mol. The van der Waals surface area contributed by atoms with Crippen LogP contribution in [0.2, 0.25) is 0 Å². The lowest BCUT2D eigenvalue weighted by molar-refractivity contribution is -0.147. The Kier molecular flexibility index (Phi) is 4.66. The molecule has 2 N–H and O–H groups in total. The average Bonchev–Trinajstić information content (AvgIpc) is 2.60. The minimum atomic E-state index is -0.386. The van der Waals surface area contributed by atoms with Gasteiger partial charge in [-0.2, -0.15) is 0 Å². The highest BCUT2D eigenvalue weighted by molar-refractivity contribution is 5.76. The number of esters is 1. The Balaban J connectivity index is 1.96. The number of hydrogen-bond acceptors (Lipinski definition) is 6. The number of methoxy groups -OCH3 is 2. The van der Waals surface area contributed by atoms with Crippen molar-refractivity contribution < 1.29 is 19.0 Å². The maximum Gasteiger partial charge on any atom is 0.316 e. The third-order valence-corrected chi connectivity index (χ3v) is 4.77. The second kappa shape index (κ2) is 6.73. The summed E-state index contributed by atoms with van der Waals surface area (Å²) in [7, 11) is 3.27. The van der Waals surface area contributed by atoms with E-state index in [0.29, 0.717) is 24.6 Å². The Morgan fingerprint density at radius 1 is 1.29 bits per heavy atom. The number of nitrogens with two attached hydrogens (primary N) is 1. The summed E-state index contributed by atoms with van der Waals surface area (Å²) in [5.74, 6) is 0.810. The summed E-state index contributed by atoms with van der Waals surface area (Å²) in [5.41, 5.74) is 9.15. The van der Waals surface area contributed by atoms with Gasteiger partial charge >= 0.3 is 5.97 Å². The minimum Gasteiger partial charge on any atom is -0.493 e. The fourth-order valence-corrected chi connectivity index (χ4v) is 3.52. The largest absolute Gasteiger partial charge is 0.493 e. The van der Waals surface area contributed by atoms with Gasteiger partial charge in [-0.1, -0.05) is 0 Å². The Labute approximate surface area is 142 Å². The van der Waals surface area contributed by atoms with E-state index in [0.717, 1.165) is 24.3 Å². The standard InChI is InChI=1S/C18H24N2O4/c1-4-24-18(21)13-10-20-6-5-11-7-16(22-2)17(23-3)8-12(11)15(20)9-14(13)19/h7-9,13,15H,4-6,10,19H2,1-3H3/t13?,15-/m0/s1. The number of rotatable bonds is 4. The lowest BCUT2D eigenvalue weighted by Gasteiger charge is -2.41. The molecule has 0 radical (unpaired) electrons. The van der Waals surface area contributed by atoms with Gasteiger partial charge in [-0.3, -0.25) is 9.69 Å². The Morgan fingerprint density at radius 3 is 2.67 bits per heavy atom. The summed E-state index contributed by atoms with van der Waals surface area (Å²) in [6, 6.07) is 4.10. The maximum atomic E-state index is 12.1. The molecule has 0 spiro atoms. The molecule has 0 fully saturated rings. The van der Waals surface area contributed by atoms with Crippen molar-refractivity contribution in [1.29, 1.82) is 0 Å². The molecule has 0 aromatic heterocycles. The molecule has 1 aromatic carbocycles. The van der Waals surface area contributed by atoms with Crippen LogP contribution >= 0.6 is 0 Å².